The van der Waals surface area contributed by atoms with Gasteiger partial charge in [0.05, 0.1) is 24.0 Å². The molecule has 0 bridgehead atoms. The first-order valence-corrected chi connectivity index (χ1v) is 6.32. The smallest absolute Gasteiger partial charge is 0.262 e. The van der Waals surface area contributed by atoms with Crippen molar-refractivity contribution in [3.63, 3.8) is 0 Å². The molecule has 0 aromatic carbocycles. The molecule has 90 valence electrons. The lowest BCUT2D eigenvalue weighted by Crippen LogP contribution is -2.21. The fourth-order valence-electron chi connectivity index (χ4n) is 1.78. The molecule has 3 aromatic rings. The molecule has 0 atom stereocenters. The fourth-order valence-corrected chi connectivity index (χ4v) is 2.50. The van der Waals surface area contributed by atoms with E-state index < -0.39 is 0 Å². The largest absolute Gasteiger partial charge is 0.293 e. The summed E-state index contributed by atoms with van der Waals surface area (Å²) in [5.74, 6) is 0. The molecular weight excluding hydrogens is 248 g/mol. The number of hydrogen-bond donors (Lipinski definition) is 0. The van der Waals surface area contributed by atoms with E-state index in [0.717, 1.165) is 16.2 Å². The summed E-state index contributed by atoms with van der Waals surface area (Å²) in [5, 5.41) is 2.53. The average molecular weight is 258 g/mol. The molecule has 6 heteroatoms. The van der Waals surface area contributed by atoms with Gasteiger partial charge in [-0.15, -0.1) is 11.3 Å². The van der Waals surface area contributed by atoms with E-state index in [1.54, 1.807) is 17.0 Å². The predicted molar refractivity (Wildman–Crippen MR) is 69.8 cm³/mol. The van der Waals surface area contributed by atoms with E-state index in [-0.39, 0.29) is 5.56 Å². The van der Waals surface area contributed by atoms with Crippen molar-refractivity contribution in [3.8, 4) is 0 Å². The summed E-state index contributed by atoms with van der Waals surface area (Å²) in [7, 11) is 0. The van der Waals surface area contributed by atoms with Crippen molar-refractivity contribution >= 4 is 21.6 Å². The Kier molecular flexibility index (Phi) is 2.64. The number of nitrogens with zero attached hydrogens (tertiary/aromatic N) is 4. The van der Waals surface area contributed by atoms with Gasteiger partial charge in [0.25, 0.3) is 5.56 Å². The molecule has 0 saturated heterocycles. The lowest BCUT2D eigenvalue weighted by atomic mass is 10.3. The van der Waals surface area contributed by atoms with Crippen LogP contribution in [0.1, 0.15) is 11.4 Å². The monoisotopic (exact) mass is 258 g/mol. The number of thiophene rings is 1. The minimum absolute atomic E-state index is 0.0301. The lowest BCUT2D eigenvalue weighted by Gasteiger charge is -2.04. The second kappa shape index (κ2) is 4.30. The second-order valence-corrected chi connectivity index (χ2v) is 4.86. The van der Waals surface area contributed by atoms with Crippen molar-refractivity contribution in [2.24, 2.45) is 0 Å². The maximum Gasteiger partial charge on any atom is 0.262 e. The first-order chi connectivity index (χ1) is 8.74. The molecule has 0 radical (unpaired) electrons. The van der Waals surface area contributed by atoms with E-state index in [1.165, 1.54) is 17.7 Å². The minimum atomic E-state index is -0.0301. The van der Waals surface area contributed by atoms with Crippen LogP contribution in [-0.4, -0.2) is 19.5 Å². The van der Waals surface area contributed by atoms with Crippen molar-refractivity contribution in [1.82, 2.24) is 19.5 Å². The Bertz CT molecular complexity index is 762. The SMILES string of the molecule is Cc1cc(Cn2cnc3sccc3c2=O)ncn1. The second-order valence-electron chi connectivity index (χ2n) is 3.97. The van der Waals surface area contributed by atoms with E-state index in [4.69, 9.17) is 0 Å². The van der Waals surface area contributed by atoms with Gasteiger partial charge in [-0.25, -0.2) is 15.0 Å². The minimum Gasteiger partial charge on any atom is -0.293 e. The van der Waals surface area contributed by atoms with Gasteiger partial charge < -0.3 is 0 Å². The summed E-state index contributed by atoms with van der Waals surface area (Å²) >= 11 is 1.47. The van der Waals surface area contributed by atoms with Crippen LogP contribution in [-0.2, 0) is 6.54 Å². The molecule has 0 aliphatic rings. The Morgan fingerprint density at radius 2 is 2.22 bits per heavy atom. The summed E-state index contributed by atoms with van der Waals surface area (Å²) in [4.78, 5) is 25.4. The van der Waals surface area contributed by atoms with Crippen LogP contribution in [0.25, 0.3) is 10.2 Å². The molecule has 3 aromatic heterocycles. The van der Waals surface area contributed by atoms with Crippen LogP contribution < -0.4 is 5.56 Å². The van der Waals surface area contributed by atoms with Crippen molar-refractivity contribution < 1.29 is 0 Å². The number of aromatic nitrogens is 4. The molecule has 0 saturated carbocycles. The number of aryl methyl sites for hydroxylation is 1. The Balaban J connectivity index is 2.05. The maximum absolute atomic E-state index is 12.2. The van der Waals surface area contributed by atoms with Gasteiger partial charge in [-0.1, -0.05) is 0 Å². The highest BCUT2D eigenvalue weighted by molar-refractivity contribution is 7.16. The zero-order valence-electron chi connectivity index (χ0n) is 9.70. The normalized spacial score (nSPS) is 10.9. The van der Waals surface area contributed by atoms with Crippen LogP contribution >= 0.6 is 11.3 Å². The molecule has 0 N–H and O–H groups in total. The summed E-state index contributed by atoms with van der Waals surface area (Å²) < 4.78 is 1.57. The third-order valence-electron chi connectivity index (χ3n) is 2.64. The van der Waals surface area contributed by atoms with Crippen LogP contribution in [0.3, 0.4) is 0 Å². The van der Waals surface area contributed by atoms with E-state index in [9.17, 15) is 4.79 Å². The highest BCUT2D eigenvalue weighted by atomic mass is 32.1. The summed E-state index contributed by atoms with van der Waals surface area (Å²) in [5.41, 5.74) is 1.66. The van der Waals surface area contributed by atoms with Crippen molar-refractivity contribution in [2.75, 3.05) is 0 Å². The van der Waals surface area contributed by atoms with Gasteiger partial charge in [0, 0.05) is 5.69 Å². The number of rotatable bonds is 2. The summed E-state index contributed by atoms with van der Waals surface area (Å²) in [6.45, 7) is 2.31. The van der Waals surface area contributed by atoms with Crippen molar-refractivity contribution in [2.45, 2.75) is 13.5 Å². The van der Waals surface area contributed by atoms with Gasteiger partial charge in [-0.3, -0.25) is 9.36 Å². The maximum atomic E-state index is 12.2. The van der Waals surface area contributed by atoms with Gasteiger partial charge in [-0.05, 0) is 24.4 Å². The Morgan fingerprint density at radius 1 is 1.33 bits per heavy atom. The predicted octanol–water partition coefficient (Wildman–Crippen LogP) is 1.60. The molecule has 0 fully saturated rings. The van der Waals surface area contributed by atoms with Crippen molar-refractivity contribution in [1.29, 1.82) is 0 Å². The van der Waals surface area contributed by atoms with Crippen LogP contribution in [0.15, 0.2) is 35.0 Å². The highest BCUT2D eigenvalue weighted by Crippen LogP contribution is 2.13. The third-order valence-corrected chi connectivity index (χ3v) is 3.46. The first kappa shape index (κ1) is 11.0. The molecular formula is C12H10N4OS. The van der Waals surface area contributed by atoms with Gasteiger partial charge in [0.1, 0.15) is 11.2 Å². The van der Waals surface area contributed by atoms with Crippen LogP contribution in [0.4, 0.5) is 0 Å². The molecule has 0 amide bonds. The summed E-state index contributed by atoms with van der Waals surface area (Å²) in [6.07, 6.45) is 3.07. The Labute approximate surface area is 107 Å². The Hall–Kier alpha value is -2.08. The molecule has 18 heavy (non-hydrogen) atoms. The van der Waals surface area contributed by atoms with Gasteiger partial charge in [0.15, 0.2) is 0 Å². The standard InChI is InChI=1S/C12H10N4OS/c1-8-4-9(14-6-13-8)5-16-7-15-11-10(12(16)17)2-3-18-11/h2-4,6-7H,5H2,1H3. The van der Waals surface area contributed by atoms with E-state index in [1.807, 2.05) is 18.4 Å². The molecule has 3 rings (SSSR count). The summed E-state index contributed by atoms with van der Waals surface area (Å²) in [6, 6.07) is 3.67. The first-order valence-electron chi connectivity index (χ1n) is 5.44. The van der Waals surface area contributed by atoms with Crippen LogP contribution in [0.5, 0.6) is 0 Å². The quantitative estimate of drug-likeness (QED) is 0.700. The van der Waals surface area contributed by atoms with E-state index in [0.29, 0.717) is 11.9 Å². The van der Waals surface area contributed by atoms with Crippen LogP contribution in [0, 0.1) is 6.92 Å². The molecule has 0 aliphatic carbocycles. The zero-order chi connectivity index (χ0) is 12.5. The molecule has 0 spiro atoms. The molecule has 0 unspecified atom stereocenters. The van der Waals surface area contributed by atoms with Gasteiger partial charge >= 0.3 is 0 Å². The van der Waals surface area contributed by atoms with E-state index in [2.05, 4.69) is 15.0 Å². The number of hydrogen-bond acceptors (Lipinski definition) is 5. The zero-order valence-corrected chi connectivity index (χ0v) is 10.5. The Morgan fingerprint density at radius 3 is 3.06 bits per heavy atom. The molecule has 3 heterocycles. The lowest BCUT2D eigenvalue weighted by molar-refractivity contribution is 0.726. The topological polar surface area (TPSA) is 60.7 Å². The third kappa shape index (κ3) is 1.91. The van der Waals surface area contributed by atoms with Crippen LogP contribution in [0.2, 0.25) is 0 Å². The fraction of sp³-hybridized carbons (Fsp3) is 0.167. The number of fused-ring (bicyclic) bond motifs is 1. The van der Waals surface area contributed by atoms with Gasteiger partial charge in [-0.2, -0.15) is 0 Å². The van der Waals surface area contributed by atoms with E-state index >= 15 is 0 Å². The van der Waals surface area contributed by atoms with Gasteiger partial charge in [0.2, 0.25) is 0 Å². The molecule has 0 aliphatic heterocycles. The van der Waals surface area contributed by atoms with Crippen molar-refractivity contribution in [3.05, 3.63) is 51.9 Å². The molecule has 5 nitrogen and oxygen atoms in total. The highest BCUT2D eigenvalue weighted by Gasteiger charge is 2.06. The average Bonchev–Trinajstić information content (AvgIpc) is 2.82.